The average Bonchev–Trinajstić information content (AvgIpc) is 2.27. The molecule has 0 aromatic heterocycles. The topological polar surface area (TPSA) is 49.4 Å². The van der Waals surface area contributed by atoms with Crippen molar-refractivity contribution in [2.24, 2.45) is 0 Å². The number of sulfone groups is 1. The lowest BCUT2D eigenvalue weighted by Gasteiger charge is -2.31. The SMILES string of the molecule is CCS(=O)(=O)CCN(C)C1CCNCC1.Cl. The number of hydrogen-bond acceptors (Lipinski definition) is 4. The zero-order chi connectivity index (χ0) is 11.3. The zero-order valence-corrected chi connectivity index (χ0v) is 11.7. The highest BCUT2D eigenvalue weighted by Gasteiger charge is 2.18. The minimum atomic E-state index is -2.81. The Bertz CT molecular complexity index is 277. The summed E-state index contributed by atoms with van der Waals surface area (Å²) in [6, 6.07) is 0.554. The quantitative estimate of drug-likeness (QED) is 0.792. The first-order valence-electron chi connectivity index (χ1n) is 5.66. The van der Waals surface area contributed by atoms with E-state index < -0.39 is 9.84 Å². The van der Waals surface area contributed by atoms with Crippen molar-refractivity contribution in [3.8, 4) is 0 Å². The van der Waals surface area contributed by atoms with Gasteiger partial charge in [0.05, 0.1) is 5.75 Å². The third-order valence-corrected chi connectivity index (χ3v) is 4.81. The van der Waals surface area contributed by atoms with Gasteiger partial charge in [-0.2, -0.15) is 0 Å². The number of nitrogens with zero attached hydrogens (tertiary/aromatic N) is 1. The largest absolute Gasteiger partial charge is 0.317 e. The second-order valence-electron chi connectivity index (χ2n) is 4.20. The van der Waals surface area contributed by atoms with Crippen LogP contribution in [0, 0.1) is 0 Å². The lowest BCUT2D eigenvalue weighted by Crippen LogP contribution is -2.42. The molecule has 0 atom stereocenters. The maximum absolute atomic E-state index is 11.3. The van der Waals surface area contributed by atoms with Crippen LogP contribution < -0.4 is 5.32 Å². The molecule has 1 N–H and O–H groups in total. The molecule has 16 heavy (non-hydrogen) atoms. The van der Waals surface area contributed by atoms with Gasteiger partial charge in [0, 0.05) is 18.3 Å². The van der Waals surface area contributed by atoms with Crippen molar-refractivity contribution < 1.29 is 8.42 Å². The summed E-state index contributed by atoms with van der Waals surface area (Å²) in [6.07, 6.45) is 2.26. The Morgan fingerprint density at radius 2 is 1.88 bits per heavy atom. The first kappa shape index (κ1) is 16.2. The Morgan fingerprint density at radius 1 is 1.31 bits per heavy atom. The predicted octanol–water partition coefficient (Wildman–Crippen LogP) is 0.527. The van der Waals surface area contributed by atoms with Crippen LogP contribution in [0.15, 0.2) is 0 Å². The first-order valence-corrected chi connectivity index (χ1v) is 7.48. The Labute approximate surface area is 105 Å². The van der Waals surface area contributed by atoms with Gasteiger partial charge in [-0.25, -0.2) is 8.42 Å². The second-order valence-corrected chi connectivity index (χ2v) is 6.67. The van der Waals surface area contributed by atoms with E-state index in [4.69, 9.17) is 0 Å². The molecule has 0 spiro atoms. The summed E-state index contributed by atoms with van der Waals surface area (Å²) in [5.41, 5.74) is 0. The number of piperidine rings is 1. The normalized spacial score (nSPS) is 18.4. The van der Waals surface area contributed by atoms with Crippen LogP contribution in [0.25, 0.3) is 0 Å². The molecule has 0 aromatic rings. The molecular formula is C10H23ClN2O2S. The van der Waals surface area contributed by atoms with Gasteiger partial charge in [0.1, 0.15) is 0 Å². The van der Waals surface area contributed by atoms with Crippen LogP contribution in [0.1, 0.15) is 19.8 Å². The van der Waals surface area contributed by atoms with Crippen molar-refractivity contribution in [1.29, 1.82) is 0 Å². The Balaban J connectivity index is 0.00000225. The van der Waals surface area contributed by atoms with Gasteiger partial charge in [-0.15, -0.1) is 12.4 Å². The standard InChI is InChI=1S/C10H22N2O2S.ClH/c1-3-15(13,14)9-8-12(2)10-4-6-11-7-5-10;/h10-11H,3-9H2,1-2H3;1H. The molecule has 98 valence electrons. The van der Waals surface area contributed by atoms with Crippen LogP contribution >= 0.6 is 12.4 Å². The number of hydrogen-bond donors (Lipinski definition) is 1. The van der Waals surface area contributed by atoms with Crippen LogP contribution in [0.4, 0.5) is 0 Å². The van der Waals surface area contributed by atoms with Gasteiger partial charge in [-0.05, 0) is 33.0 Å². The first-order chi connectivity index (χ1) is 7.05. The van der Waals surface area contributed by atoms with E-state index in [-0.39, 0.29) is 18.2 Å². The summed E-state index contributed by atoms with van der Waals surface area (Å²) in [4.78, 5) is 2.19. The van der Waals surface area contributed by atoms with Gasteiger partial charge >= 0.3 is 0 Å². The van der Waals surface area contributed by atoms with Gasteiger partial charge in [0.25, 0.3) is 0 Å². The third kappa shape index (κ3) is 5.48. The summed E-state index contributed by atoms with van der Waals surface area (Å²) >= 11 is 0. The molecule has 6 heteroatoms. The van der Waals surface area contributed by atoms with Gasteiger partial charge in [-0.3, -0.25) is 0 Å². The number of nitrogens with one attached hydrogen (secondary N) is 1. The van der Waals surface area contributed by atoms with E-state index in [1.165, 1.54) is 0 Å². The molecule has 1 saturated heterocycles. The molecule has 0 radical (unpaired) electrons. The molecule has 1 heterocycles. The van der Waals surface area contributed by atoms with Crippen LogP contribution in [0.3, 0.4) is 0 Å². The molecule has 0 saturated carbocycles. The molecule has 0 unspecified atom stereocenters. The van der Waals surface area contributed by atoms with E-state index in [2.05, 4.69) is 10.2 Å². The number of halogens is 1. The average molecular weight is 271 g/mol. The Kier molecular flexibility index (Phi) is 7.55. The van der Waals surface area contributed by atoms with Crippen LogP contribution in [0.5, 0.6) is 0 Å². The summed E-state index contributed by atoms with van der Waals surface area (Å²) in [5, 5.41) is 3.31. The van der Waals surface area contributed by atoms with E-state index in [1.54, 1.807) is 6.92 Å². The van der Waals surface area contributed by atoms with E-state index in [1.807, 2.05) is 7.05 Å². The highest BCUT2D eigenvalue weighted by Crippen LogP contribution is 2.09. The maximum Gasteiger partial charge on any atom is 0.151 e. The van der Waals surface area contributed by atoms with Crippen molar-refractivity contribution in [1.82, 2.24) is 10.2 Å². The molecular weight excluding hydrogens is 248 g/mol. The molecule has 1 rings (SSSR count). The molecule has 4 nitrogen and oxygen atoms in total. The molecule has 0 aliphatic carbocycles. The summed E-state index contributed by atoms with van der Waals surface area (Å²) in [7, 11) is -0.782. The van der Waals surface area contributed by atoms with Gasteiger partial charge in [0.2, 0.25) is 0 Å². The van der Waals surface area contributed by atoms with E-state index in [0.29, 0.717) is 18.3 Å². The fourth-order valence-corrected chi connectivity index (χ4v) is 2.71. The molecule has 0 bridgehead atoms. The fourth-order valence-electron chi connectivity index (χ4n) is 1.86. The fraction of sp³-hybridized carbons (Fsp3) is 1.00. The van der Waals surface area contributed by atoms with E-state index in [9.17, 15) is 8.42 Å². The summed E-state index contributed by atoms with van der Waals surface area (Å²) < 4.78 is 22.7. The van der Waals surface area contributed by atoms with Crippen molar-refractivity contribution in [3.63, 3.8) is 0 Å². The van der Waals surface area contributed by atoms with Crippen LogP contribution in [0.2, 0.25) is 0 Å². The number of rotatable bonds is 5. The van der Waals surface area contributed by atoms with Crippen LogP contribution in [-0.2, 0) is 9.84 Å². The summed E-state index contributed by atoms with van der Waals surface area (Å²) in [5.74, 6) is 0.553. The lowest BCUT2D eigenvalue weighted by atomic mass is 10.1. The van der Waals surface area contributed by atoms with E-state index >= 15 is 0 Å². The molecule has 1 aliphatic rings. The highest BCUT2D eigenvalue weighted by molar-refractivity contribution is 7.91. The molecule has 0 aromatic carbocycles. The third-order valence-electron chi connectivity index (χ3n) is 3.13. The van der Waals surface area contributed by atoms with Crippen molar-refractivity contribution in [3.05, 3.63) is 0 Å². The molecule has 0 amide bonds. The van der Waals surface area contributed by atoms with Gasteiger partial charge < -0.3 is 10.2 Å². The Hall–Kier alpha value is 0.160. The van der Waals surface area contributed by atoms with Crippen LogP contribution in [-0.4, -0.2) is 57.5 Å². The second kappa shape index (κ2) is 7.48. The maximum atomic E-state index is 11.3. The summed E-state index contributed by atoms with van der Waals surface area (Å²) in [6.45, 7) is 4.48. The van der Waals surface area contributed by atoms with Crippen molar-refractivity contribution in [2.75, 3.05) is 38.2 Å². The van der Waals surface area contributed by atoms with Gasteiger partial charge in [-0.1, -0.05) is 6.92 Å². The molecule has 1 aliphatic heterocycles. The highest BCUT2D eigenvalue weighted by atomic mass is 35.5. The minimum Gasteiger partial charge on any atom is -0.317 e. The smallest absolute Gasteiger partial charge is 0.151 e. The predicted molar refractivity (Wildman–Crippen MR) is 70.1 cm³/mol. The van der Waals surface area contributed by atoms with Crippen molar-refractivity contribution >= 4 is 22.2 Å². The van der Waals surface area contributed by atoms with Gasteiger partial charge in [0.15, 0.2) is 9.84 Å². The zero-order valence-electron chi connectivity index (χ0n) is 10.1. The Morgan fingerprint density at radius 3 is 2.38 bits per heavy atom. The molecule has 1 fully saturated rings. The van der Waals surface area contributed by atoms with Crippen molar-refractivity contribution in [2.45, 2.75) is 25.8 Å². The monoisotopic (exact) mass is 270 g/mol. The lowest BCUT2D eigenvalue weighted by molar-refractivity contribution is 0.209. The minimum absolute atomic E-state index is 0. The van der Waals surface area contributed by atoms with E-state index in [0.717, 1.165) is 25.9 Å².